The molecular formula is C13H16BrNO4. The Kier molecular flexibility index (Phi) is 5.50. The van der Waals surface area contributed by atoms with Gasteiger partial charge in [0.15, 0.2) is 0 Å². The van der Waals surface area contributed by atoms with E-state index >= 15 is 0 Å². The molecule has 0 aliphatic heterocycles. The molecule has 0 radical (unpaired) electrons. The van der Waals surface area contributed by atoms with E-state index in [9.17, 15) is 9.59 Å². The van der Waals surface area contributed by atoms with E-state index < -0.39 is 5.97 Å². The van der Waals surface area contributed by atoms with Gasteiger partial charge in [0.25, 0.3) is 5.91 Å². The predicted octanol–water partition coefficient (Wildman–Crippen LogP) is 1.89. The molecule has 0 bridgehead atoms. The van der Waals surface area contributed by atoms with Crippen LogP contribution in [0.5, 0.6) is 0 Å². The highest BCUT2D eigenvalue weighted by molar-refractivity contribution is 9.10. The van der Waals surface area contributed by atoms with Crippen LogP contribution >= 0.6 is 15.9 Å². The van der Waals surface area contributed by atoms with Crippen molar-refractivity contribution in [3.63, 3.8) is 0 Å². The smallest absolute Gasteiger partial charge is 0.336 e. The van der Waals surface area contributed by atoms with E-state index in [-0.39, 0.29) is 30.0 Å². The van der Waals surface area contributed by atoms with E-state index in [4.69, 9.17) is 10.2 Å². The number of aromatic carboxylic acids is 1. The number of carboxylic acid groups (broad SMARTS) is 1. The highest BCUT2D eigenvalue weighted by atomic mass is 79.9. The van der Waals surface area contributed by atoms with Gasteiger partial charge in [0, 0.05) is 10.0 Å². The minimum absolute atomic E-state index is 0.0964. The van der Waals surface area contributed by atoms with E-state index in [1.807, 2.05) is 13.8 Å². The molecule has 104 valence electrons. The summed E-state index contributed by atoms with van der Waals surface area (Å²) >= 11 is 3.12. The van der Waals surface area contributed by atoms with Gasteiger partial charge in [0.2, 0.25) is 0 Å². The number of rotatable bonds is 5. The fraction of sp³-hybridized carbons (Fsp3) is 0.385. The van der Waals surface area contributed by atoms with E-state index in [0.717, 1.165) is 0 Å². The summed E-state index contributed by atoms with van der Waals surface area (Å²) in [7, 11) is 0. The third-order valence-electron chi connectivity index (χ3n) is 2.78. The first-order chi connectivity index (χ1) is 8.86. The summed E-state index contributed by atoms with van der Waals surface area (Å²) in [6.45, 7) is 3.65. The Morgan fingerprint density at radius 3 is 2.42 bits per heavy atom. The largest absolute Gasteiger partial charge is 0.478 e. The molecule has 1 atom stereocenters. The summed E-state index contributed by atoms with van der Waals surface area (Å²) in [5.41, 5.74) is 0.440. The Morgan fingerprint density at radius 2 is 2.00 bits per heavy atom. The molecule has 6 heteroatoms. The summed E-state index contributed by atoms with van der Waals surface area (Å²) in [6.07, 6.45) is 0. The Bertz CT molecular complexity index is 488. The first-order valence-corrected chi connectivity index (χ1v) is 6.60. The monoisotopic (exact) mass is 329 g/mol. The van der Waals surface area contributed by atoms with E-state index in [0.29, 0.717) is 10.0 Å². The van der Waals surface area contributed by atoms with Crippen molar-refractivity contribution in [2.24, 2.45) is 5.92 Å². The number of carbonyl (C=O) groups excluding carboxylic acids is 1. The van der Waals surface area contributed by atoms with Crippen molar-refractivity contribution in [3.05, 3.63) is 33.8 Å². The highest BCUT2D eigenvalue weighted by Gasteiger charge is 2.17. The molecule has 1 aromatic carbocycles. The molecule has 0 spiro atoms. The Hall–Kier alpha value is -1.40. The molecule has 0 saturated heterocycles. The molecule has 1 aromatic rings. The van der Waals surface area contributed by atoms with Crippen LogP contribution in [0, 0.1) is 5.92 Å². The second-order valence-electron chi connectivity index (χ2n) is 4.51. The number of aliphatic hydroxyl groups excluding tert-OH is 1. The van der Waals surface area contributed by atoms with Crippen molar-refractivity contribution in [1.29, 1.82) is 0 Å². The Balaban J connectivity index is 2.89. The highest BCUT2D eigenvalue weighted by Crippen LogP contribution is 2.19. The number of benzene rings is 1. The van der Waals surface area contributed by atoms with Gasteiger partial charge >= 0.3 is 5.97 Å². The number of carboxylic acids is 1. The molecule has 0 fully saturated rings. The van der Waals surface area contributed by atoms with Crippen LogP contribution in [-0.2, 0) is 0 Å². The second-order valence-corrected chi connectivity index (χ2v) is 5.36. The normalized spacial score (nSPS) is 12.3. The molecule has 0 heterocycles. The Labute approximate surface area is 119 Å². The third-order valence-corrected chi connectivity index (χ3v) is 3.44. The molecule has 0 aromatic heterocycles. The van der Waals surface area contributed by atoms with Gasteiger partial charge in [-0.3, -0.25) is 4.79 Å². The third kappa shape index (κ3) is 4.04. The van der Waals surface area contributed by atoms with Crippen molar-refractivity contribution in [2.75, 3.05) is 6.61 Å². The lowest BCUT2D eigenvalue weighted by atomic mass is 10.0. The average Bonchev–Trinajstić information content (AvgIpc) is 2.34. The van der Waals surface area contributed by atoms with Crippen LogP contribution in [0.15, 0.2) is 22.7 Å². The van der Waals surface area contributed by atoms with Crippen molar-refractivity contribution < 1.29 is 19.8 Å². The number of hydrogen-bond acceptors (Lipinski definition) is 3. The van der Waals surface area contributed by atoms with Crippen LogP contribution in [0.1, 0.15) is 34.6 Å². The number of amides is 1. The zero-order valence-corrected chi connectivity index (χ0v) is 12.3. The van der Waals surface area contributed by atoms with Gasteiger partial charge in [-0.1, -0.05) is 13.8 Å². The lowest BCUT2D eigenvalue weighted by molar-refractivity contribution is 0.0695. The van der Waals surface area contributed by atoms with Crippen LogP contribution in [0.25, 0.3) is 0 Å². The molecule has 3 N–H and O–H groups in total. The molecule has 5 nitrogen and oxygen atoms in total. The van der Waals surface area contributed by atoms with Gasteiger partial charge < -0.3 is 15.5 Å². The minimum Gasteiger partial charge on any atom is -0.478 e. The first kappa shape index (κ1) is 15.7. The van der Waals surface area contributed by atoms with Crippen molar-refractivity contribution in [3.8, 4) is 0 Å². The topological polar surface area (TPSA) is 86.6 Å². The molecule has 0 aliphatic carbocycles. The van der Waals surface area contributed by atoms with Gasteiger partial charge in [-0.2, -0.15) is 0 Å². The lowest BCUT2D eigenvalue weighted by Gasteiger charge is -2.20. The maximum absolute atomic E-state index is 12.0. The fourth-order valence-corrected chi connectivity index (χ4v) is 2.05. The van der Waals surface area contributed by atoms with Crippen LogP contribution in [-0.4, -0.2) is 34.7 Å². The quantitative estimate of drug-likeness (QED) is 0.769. The van der Waals surface area contributed by atoms with Gasteiger partial charge in [-0.25, -0.2) is 4.79 Å². The number of halogens is 1. The molecule has 0 saturated carbocycles. The van der Waals surface area contributed by atoms with Gasteiger partial charge in [0.05, 0.1) is 18.2 Å². The summed E-state index contributed by atoms with van der Waals surface area (Å²) in [5, 5.41) is 20.8. The number of aliphatic hydroxyl groups is 1. The van der Waals surface area contributed by atoms with E-state index in [2.05, 4.69) is 21.2 Å². The maximum atomic E-state index is 12.0. The van der Waals surface area contributed by atoms with Gasteiger partial charge in [0.1, 0.15) is 0 Å². The van der Waals surface area contributed by atoms with Crippen LogP contribution < -0.4 is 5.32 Å². The average molecular weight is 330 g/mol. The van der Waals surface area contributed by atoms with Gasteiger partial charge in [-0.15, -0.1) is 0 Å². The van der Waals surface area contributed by atoms with Gasteiger partial charge in [-0.05, 0) is 40.0 Å². The standard InChI is InChI=1S/C13H16BrNO4/c1-7(2)11(6-16)15-12(17)8-3-4-9(13(18)19)10(14)5-8/h3-5,7,11,16H,6H2,1-2H3,(H,15,17)(H,18,19)/t11-/m0/s1. The number of hydrogen-bond donors (Lipinski definition) is 3. The van der Waals surface area contributed by atoms with Crippen molar-refractivity contribution in [2.45, 2.75) is 19.9 Å². The summed E-state index contributed by atoms with van der Waals surface area (Å²) in [5.74, 6) is -1.30. The lowest BCUT2D eigenvalue weighted by Crippen LogP contribution is -2.41. The maximum Gasteiger partial charge on any atom is 0.336 e. The van der Waals surface area contributed by atoms with E-state index in [1.165, 1.54) is 18.2 Å². The number of nitrogens with one attached hydrogen (secondary N) is 1. The van der Waals surface area contributed by atoms with Crippen LogP contribution in [0.3, 0.4) is 0 Å². The number of carbonyl (C=O) groups is 2. The summed E-state index contributed by atoms with van der Waals surface area (Å²) < 4.78 is 0.345. The van der Waals surface area contributed by atoms with Crippen LogP contribution in [0.4, 0.5) is 0 Å². The molecule has 1 rings (SSSR count). The van der Waals surface area contributed by atoms with Crippen molar-refractivity contribution >= 4 is 27.8 Å². The zero-order chi connectivity index (χ0) is 14.6. The van der Waals surface area contributed by atoms with Crippen LogP contribution in [0.2, 0.25) is 0 Å². The van der Waals surface area contributed by atoms with Crippen molar-refractivity contribution in [1.82, 2.24) is 5.32 Å². The fourth-order valence-electron chi connectivity index (χ4n) is 1.50. The SMILES string of the molecule is CC(C)[C@H](CO)NC(=O)c1ccc(C(=O)O)c(Br)c1. The first-order valence-electron chi connectivity index (χ1n) is 5.81. The molecule has 1 amide bonds. The zero-order valence-electron chi connectivity index (χ0n) is 10.7. The molecule has 19 heavy (non-hydrogen) atoms. The van der Waals surface area contributed by atoms with E-state index in [1.54, 1.807) is 0 Å². The Morgan fingerprint density at radius 1 is 1.37 bits per heavy atom. The second kappa shape index (κ2) is 6.68. The summed E-state index contributed by atoms with van der Waals surface area (Å²) in [4.78, 5) is 22.8. The summed E-state index contributed by atoms with van der Waals surface area (Å²) in [6, 6.07) is 3.93. The molecule has 0 aliphatic rings. The molecule has 0 unspecified atom stereocenters. The minimum atomic E-state index is -1.06. The predicted molar refractivity (Wildman–Crippen MR) is 74.3 cm³/mol. The molecular weight excluding hydrogens is 314 g/mol.